The van der Waals surface area contributed by atoms with Crippen LogP contribution in [0.2, 0.25) is 5.02 Å². The number of pyridine rings is 1. The molecule has 3 nitrogen and oxygen atoms in total. The topological polar surface area (TPSA) is 39.1 Å². The van der Waals surface area contributed by atoms with Crippen molar-refractivity contribution in [1.82, 2.24) is 4.57 Å². The summed E-state index contributed by atoms with van der Waals surface area (Å²) < 4.78 is 1.68. The number of benzene rings is 3. The molecule has 0 amide bonds. The highest BCUT2D eigenvalue weighted by atomic mass is 35.5. The van der Waals surface area contributed by atoms with E-state index in [2.05, 4.69) is 0 Å². The normalized spacial score (nSPS) is 11.3. The summed E-state index contributed by atoms with van der Waals surface area (Å²) in [6.07, 6.45) is 3.99. The highest BCUT2D eigenvalue weighted by molar-refractivity contribution is 6.31. The number of fused-ring (bicyclic) bond motifs is 1. The lowest BCUT2D eigenvalue weighted by Gasteiger charge is -2.17. The molecule has 0 bridgehead atoms. The number of aryl methyl sites for hydroxylation is 1. The monoisotopic (exact) mass is 427 g/mol. The Balaban J connectivity index is 2.02. The van der Waals surface area contributed by atoms with E-state index in [-0.39, 0.29) is 16.9 Å². The summed E-state index contributed by atoms with van der Waals surface area (Å²) in [5, 5.41) is 1.35. The average Bonchev–Trinajstić information content (AvgIpc) is 2.80. The second-order valence-corrected chi connectivity index (χ2v) is 7.78. The third kappa shape index (κ3) is 4.23. The molecule has 0 fully saturated rings. The van der Waals surface area contributed by atoms with Crippen molar-refractivity contribution in [3.05, 3.63) is 111 Å². The molecule has 0 aliphatic carbocycles. The molecule has 1 aromatic heterocycles. The van der Waals surface area contributed by atoms with Crippen molar-refractivity contribution in [2.24, 2.45) is 0 Å². The van der Waals surface area contributed by atoms with Crippen LogP contribution in [0.3, 0.4) is 0 Å². The molecule has 0 aliphatic heterocycles. The molecule has 0 saturated heterocycles. The minimum absolute atomic E-state index is 0.168. The number of allylic oxidation sites excluding steroid dienone is 1. The number of ketones is 1. The fourth-order valence-corrected chi connectivity index (χ4v) is 4.00. The van der Waals surface area contributed by atoms with Crippen LogP contribution in [0, 0.1) is 0 Å². The molecule has 0 atom stereocenters. The van der Waals surface area contributed by atoms with Crippen molar-refractivity contribution in [2.75, 3.05) is 0 Å². The molecule has 0 spiro atoms. The zero-order chi connectivity index (χ0) is 21.8. The van der Waals surface area contributed by atoms with Gasteiger partial charge in [-0.3, -0.25) is 9.59 Å². The first-order chi connectivity index (χ1) is 15.1. The van der Waals surface area contributed by atoms with Gasteiger partial charge in [0.05, 0.1) is 11.1 Å². The van der Waals surface area contributed by atoms with Crippen molar-refractivity contribution in [3.8, 4) is 11.1 Å². The average molecular weight is 428 g/mol. The van der Waals surface area contributed by atoms with Gasteiger partial charge in [0.1, 0.15) is 0 Å². The van der Waals surface area contributed by atoms with Crippen molar-refractivity contribution in [1.29, 1.82) is 0 Å². The summed E-state index contributed by atoms with van der Waals surface area (Å²) in [4.78, 5) is 27.0. The third-order valence-corrected chi connectivity index (χ3v) is 5.45. The number of carbonyl (C=O) groups is 1. The summed E-state index contributed by atoms with van der Waals surface area (Å²) >= 11 is 6.33. The van der Waals surface area contributed by atoms with Gasteiger partial charge in [0, 0.05) is 22.5 Å². The van der Waals surface area contributed by atoms with E-state index in [9.17, 15) is 9.59 Å². The molecule has 4 aromatic rings. The maximum atomic E-state index is 13.6. The van der Waals surface area contributed by atoms with Crippen LogP contribution in [0.5, 0.6) is 0 Å². The molecule has 3 aromatic carbocycles. The molecule has 4 rings (SSSR count). The van der Waals surface area contributed by atoms with E-state index in [1.807, 2.05) is 79.7 Å². The van der Waals surface area contributed by atoms with Crippen LogP contribution in [-0.2, 0) is 6.54 Å². The van der Waals surface area contributed by atoms with Crippen molar-refractivity contribution in [2.45, 2.75) is 19.9 Å². The summed E-state index contributed by atoms with van der Waals surface area (Å²) in [5.41, 5.74) is 3.00. The maximum absolute atomic E-state index is 13.6. The number of aromatic nitrogens is 1. The van der Waals surface area contributed by atoms with E-state index < -0.39 is 0 Å². The largest absolute Gasteiger partial charge is 0.308 e. The number of rotatable bonds is 6. The molecular weight excluding hydrogens is 406 g/mol. The predicted molar refractivity (Wildman–Crippen MR) is 129 cm³/mol. The van der Waals surface area contributed by atoms with Gasteiger partial charge < -0.3 is 4.57 Å². The smallest absolute Gasteiger partial charge is 0.262 e. The molecular formula is C27H22ClNO2. The molecule has 0 unspecified atom stereocenters. The van der Waals surface area contributed by atoms with Crippen LogP contribution in [0.4, 0.5) is 0 Å². The van der Waals surface area contributed by atoms with Gasteiger partial charge in [-0.05, 0) is 41.8 Å². The van der Waals surface area contributed by atoms with Crippen molar-refractivity contribution >= 4 is 34.4 Å². The minimum Gasteiger partial charge on any atom is -0.308 e. The van der Waals surface area contributed by atoms with Crippen LogP contribution in [0.25, 0.3) is 28.1 Å². The SMILES string of the molecule is CCCn1c(=O)c(C(=O)/C=C\c2ccccc2)c(-c2ccccc2)c2cc(Cl)ccc21. The van der Waals surface area contributed by atoms with E-state index in [0.29, 0.717) is 17.1 Å². The van der Waals surface area contributed by atoms with Crippen LogP contribution < -0.4 is 5.56 Å². The predicted octanol–water partition coefficient (Wildman–Crippen LogP) is 6.63. The Kier molecular flexibility index (Phi) is 6.15. The molecule has 0 saturated carbocycles. The van der Waals surface area contributed by atoms with Crippen molar-refractivity contribution in [3.63, 3.8) is 0 Å². The summed E-state index contributed by atoms with van der Waals surface area (Å²) in [5.74, 6) is -0.320. The van der Waals surface area contributed by atoms with Crippen LogP contribution >= 0.6 is 11.6 Å². The second-order valence-electron chi connectivity index (χ2n) is 7.34. The van der Waals surface area contributed by atoms with E-state index in [0.717, 1.165) is 28.5 Å². The number of nitrogens with zero attached hydrogens (tertiary/aromatic N) is 1. The van der Waals surface area contributed by atoms with Gasteiger partial charge in [0.15, 0.2) is 5.78 Å². The van der Waals surface area contributed by atoms with Gasteiger partial charge in [-0.25, -0.2) is 0 Å². The van der Waals surface area contributed by atoms with Gasteiger partial charge >= 0.3 is 0 Å². The fraction of sp³-hybridized carbons (Fsp3) is 0.111. The number of hydrogen-bond acceptors (Lipinski definition) is 2. The Labute approximate surface area is 186 Å². The van der Waals surface area contributed by atoms with Gasteiger partial charge in [0.25, 0.3) is 5.56 Å². The van der Waals surface area contributed by atoms with Crippen molar-refractivity contribution < 1.29 is 4.79 Å². The van der Waals surface area contributed by atoms with E-state index in [1.165, 1.54) is 6.08 Å². The Morgan fingerprint density at radius 2 is 1.65 bits per heavy atom. The first-order valence-electron chi connectivity index (χ1n) is 10.3. The summed E-state index contributed by atoms with van der Waals surface area (Å²) in [7, 11) is 0. The minimum atomic E-state index is -0.320. The molecule has 0 aliphatic rings. The molecule has 31 heavy (non-hydrogen) atoms. The van der Waals surface area contributed by atoms with Gasteiger partial charge in [-0.15, -0.1) is 0 Å². The Morgan fingerprint density at radius 3 is 2.32 bits per heavy atom. The van der Waals surface area contributed by atoms with Gasteiger partial charge in [-0.2, -0.15) is 0 Å². The molecule has 0 radical (unpaired) electrons. The number of halogens is 1. The third-order valence-electron chi connectivity index (χ3n) is 5.21. The molecule has 154 valence electrons. The lowest BCUT2D eigenvalue weighted by atomic mass is 9.93. The van der Waals surface area contributed by atoms with E-state index >= 15 is 0 Å². The Bertz CT molecular complexity index is 1320. The molecule has 4 heteroatoms. The summed E-state index contributed by atoms with van der Waals surface area (Å²) in [6, 6.07) is 24.6. The zero-order valence-corrected chi connectivity index (χ0v) is 18.0. The van der Waals surface area contributed by atoms with E-state index in [1.54, 1.807) is 16.7 Å². The number of hydrogen-bond donors (Lipinski definition) is 0. The standard InChI is InChI=1S/C27H22ClNO2/c1-2-17-29-23-15-14-21(28)18-22(23)25(20-11-7-4-8-12-20)26(27(29)31)24(30)16-13-19-9-5-3-6-10-19/h3-16,18H,2,17H2,1H3/b16-13-. The van der Waals surface area contributed by atoms with Crippen LogP contribution in [-0.4, -0.2) is 10.4 Å². The fourth-order valence-electron chi connectivity index (χ4n) is 3.83. The van der Waals surface area contributed by atoms with E-state index in [4.69, 9.17) is 11.6 Å². The highest BCUT2D eigenvalue weighted by Gasteiger charge is 2.22. The van der Waals surface area contributed by atoms with Gasteiger partial charge in [-0.1, -0.05) is 85.3 Å². The Hall–Kier alpha value is -3.43. The lowest BCUT2D eigenvalue weighted by molar-refractivity contribution is 0.104. The van der Waals surface area contributed by atoms with Crippen LogP contribution in [0.15, 0.2) is 89.7 Å². The molecule has 1 heterocycles. The lowest BCUT2D eigenvalue weighted by Crippen LogP contribution is -2.27. The number of carbonyl (C=O) groups excluding carboxylic acids is 1. The first-order valence-corrected chi connectivity index (χ1v) is 10.7. The second kappa shape index (κ2) is 9.15. The first kappa shape index (κ1) is 20.8. The quantitative estimate of drug-likeness (QED) is 0.256. The highest BCUT2D eigenvalue weighted by Crippen LogP contribution is 2.33. The summed E-state index contributed by atoms with van der Waals surface area (Å²) in [6.45, 7) is 2.53. The maximum Gasteiger partial charge on any atom is 0.262 e. The van der Waals surface area contributed by atoms with Gasteiger partial charge in [0.2, 0.25) is 0 Å². The van der Waals surface area contributed by atoms with Crippen LogP contribution in [0.1, 0.15) is 29.3 Å². The zero-order valence-electron chi connectivity index (χ0n) is 17.2. The Morgan fingerprint density at radius 1 is 0.968 bits per heavy atom. The molecule has 0 N–H and O–H groups in total.